The molecule has 1 N–H and O–H groups in total. The number of pyridine rings is 1. The number of aromatic nitrogens is 2. The zero-order valence-electron chi connectivity index (χ0n) is 11.6. The number of esters is 1. The Morgan fingerprint density at radius 2 is 2.24 bits per heavy atom. The Morgan fingerprint density at radius 1 is 1.48 bits per heavy atom. The van der Waals surface area contributed by atoms with Crippen LogP contribution in [0.1, 0.15) is 16.1 Å². The van der Waals surface area contributed by atoms with Gasteiger partial charge in [0, 0.05) is 32.2 Å². The Balaban J connectivity index is 2.18. The summed E-state index contributed by atoms with van der Waals surface area (Å²) in [5.41, 5.74) is 0.907. The first kappa shape index (κ1) is 15.2. The highest BCUT2D eigenvalue weighted by molar-refractivity contribution is 7.89. The minimum atomic E-state index is -3.71. The van der Waals surface area contributed by atoms with E-state index in [9.17, 15) is 13.2 Å². The summed E-state index contributed by atoms with van der Waals surface area (Å²) >= 11 is 0. The lowest BCUT2D eigenvalue weighted by Crippen LogP contribution is -2.22. The van der Waals surface area contributed by atoms with Crippen LogP contribution in [0.4, 0.5) is 0 Å². The SMILES string of the molecule is COC(=O)c1cc(S(=O)(=O)NCc2cccnc2)cn1C. The molecule has 112 valence electrons. The lowest BCUT2D eigenvalue weighted by atomic mass is 10.3. The molecule has 2 heterocycles. The molecule has 0 bridgehead atoms. The maximum Gasteiger partial charge on any atom is 0.354 e. The lowest BCUT2D eigenvalue weighted by molar-refractivity contribution is 0.0590. The van der Waals surface area contributed by atoms with Crippen molar-refractivity contribution < 1.29 is 17.9 Å². The van der Waals surface area contributed by atoms with Gasteiger partial charge >= 0.3 is 5.97 Å². The van der Waals surface area contributed by atoms with Gasteiger partial charge in [-0.25, -0.2) is 17.9 Å². The van der Waals surface area contributed by atoms with Crippen molar-refractivity contribution in [2.24, 2.45) is 7.05 Å². The topological polar surface area (TPSA) is 90.3 Å². The molecule has 21 heavy (non-hydrogen) atoms. The summed E-state index contributed by atoms with van der Waals surface area (Å²) in [5.74, 6) is -0.591. The van der Waals surface area contributed by atoms with Gasteiger partial charge in [-0.05, 0) is 17.7 Å². The zero-order valence-corrected chi connectivity index (χ0v) is 12.4. The largest absolute Gasteiger partial charge is 0.464 e. The molecule has 0 fully saturated rings. The number of hydrogen-bond donors (Lipinski definition) is 1. The summed E-state index contributed by atoms with van der Waals surface area (Å²) in [6.07, 6.45) is 4.54. The predicted octanol–water partition coefficient (Wildman–Crippen LogP) is 0.685. The van der Waals surface area contributed by atoms with Crippen molar-refractivity contribution in [3.8, 4) is 0 Å². The summed E-state index contributed by atoms with van der Waals surface area (Å²) in [4.78, 5) is 15.4. The Kier molecular flexibility index (Phi) is 4.39. The van der Waals surface area contributed by atoms with Crippen molar-refractivity contribution in [2.75, 3.05) is 7.11 Å². The van der Waals surface area contributed by atoms with Crippen molar-refractivity contribution in [3.63, 3.8) is 0 Å². The third-order valence-electron chi connectivity index (χ3n) is 2.87. The summed E-state index contributed by atoms with van der Waals surface area (Å²) in [6.45, 7) is 0.124. The third kappa shape index (κ3) is 3.47. The van der Waals surface area contributed by atoms with E-state index in [2.05, 4.69) is 14.4 Å². The molecule has 7 nitrogen and oxygen atoms in total. The second kappa shape index (κ2) is 6.06. The molecule has 0 radical (unpaired) electrons. The number of rotatable bonds is 5. The van der Waals surface area contributed by atoms with Crippen LogP contribution in [0.2, 0.25) is 0 Å². The molecule has 8 heteroatoms. The first-order chi connectivity index (χ1) is 9.94. The van der Waals surface area contributed by atoms with Crippen LogP contribution in [0, 0.1) is 0 Å². The molecule has 0 aliphatic carbocycles. The summed E-state index contributed by atoms with van der Waals surface area (Å²) in [6, 6.07) is 4.76. The van der Waals surface area contributed by atoms with Gasteiger partial charge < -0.3 is 9.30 Å². The summed E-state index contributed by atoms with van der Waals surface area (Å²) in [5, 5.41) is 0. The van der Waals surface area contributed by atoms with Crippen molar-refractivity contribution in [1.82, 2.24) is 14.3 Å². The first-order valence-electron chi connectivity index (χ1n) is 6.07. The Morgan fingerprint density at radius 3 is 2.86 bits per heavy atom. The first-order valence-corrected chi connectivity index (χ1v) is 7.55. The molecule has 0 aromatic carbocycles. The molecule has 0 aliphatic rings. The van der Waals surface area contributed by atoms with Gasteiger partial charge in [-0.2, -0.15) is 0 Å². The smallest absolute Gasteiger partial charge is 0.354 e. The fourth-order valence-electron chi connectivity index (χ4n) is 1.75. The van der Waals surface area contributed by atoms with Gasteiger partial charge in [0.05, 0.1) is 7.11 Å². The molecule has 0 saturated carbocycles. The van der Waals surface area contributed by atoms with Crippen molar-refractivity contribution in [1.29, 1.82) is 0 Å². The highest BCUT2D eigenvalue weighted by atomic mass is 32.2. The van der Waals surface area contributed by atoms with Crippen LogP contribution >= 0.6 is 0 Å². The van der Waals surface area contributed by atoms with Crippen LogP contribution in [0.5, 0.6) is 0 Å². The molecule has 0 amide bonds. The molecule has 0 aliphatic heterocycles. The number of carbonyl (C=O) groups is 1. The minimum absolute atomic E-state index is 0.00860. The molecule has 0 unspecified atom stereocenters. The van der Waals surface area contributed by atoms with Gasteiger partial charge in [0.25, 0.3) is 0 Å². The number of ether oxygens (including phenoxy) is 1. The van der Waals surface area contributed by atoms with Gasteiger partial charge in [-0.3, -0.25) is 4.98 Å². The van der Waals surface area contributed by atoms with Crippen LogP contribution in [0.25, 0.3) is 0 Å². The van der Waals surface area contributed by atoms with Gasteiger partial charge in [0.2, 0.25) is 10.0 Å². The molecule has 0 atom stereocenters. The molecular formula is C13H15N3O4S. The Labute approximate surface area is 122 Å². The van der Waals surface area contributed by atoms with Crippen LogP contribution < -0.4 is 4.72 Å². The molecular weight excluding hydrogens is 294 g/mol. The van der Waals surface area contributed by atoms with Crippen molar-refractivity contribution in [3.05, 3.63) is 48.0 Å². The van der Waals surface area contributed by atoms with E-state index in [-0.39, 0.29) is 17.1 Å². The minimum Gasteiger partial charge on any atom is -0.464 e. The highest BCUT2D eigenvalue weighted by Crippen LogP contribution is 2.14. The van der Waals surface area contributed by atoms with E-state index in [0.29, 0.717) is 0 Å². The van der Waals surface area contributed by atoms with Gasteiger partial charge in [0.15, 0.2) is 0 Å². The molecule has 2 aromatic heterocycles. The standard InChI is InChI=1S/C13H15N3O4S/c1-16-9-11(6-12(16)13(17)20-2)21(18,19)15-8-10-4-3-5-14-7-10/h3-7,9,15H,8H2,1-2H3. The van der Waals surface area contributed by atoms with E-state index in [1.165, 1.54) is 23.9 Å². The summed E-state index contributed by atoms with van der Waals surface area (Å²) in [7, 11) is -0.892. The third-order valence-corrected chi connectivity index (χ3v) is 4.24. The number of sulfonamides is 1. The zero-order chi connectivity index (χ0) is 15.5. The van der Waals surface area contributed by atoms with Gasteiger partial charge in [-0.15, -0.1) is 0 Å². The van der Waals surface area contributed by atoms with Crippen molar-refractivity contribution in [2.45, 2.75) is 11.4 Å². The summed E-state index contributed by atoms with van der Waals surface area (Å²) < 4.78 is 32.8. The fourth-order valence-corrected chi connectivity index (χ4v) is 2.84. The van der Waals surface area contributed by atoms with E-state index < -0.39 is 16.0 Å². The molecule has 2 rings (SSSR count). The molecule has 0 spiro atoms. The quantitative estimate of drug-likeness (QED) is 0.821. The van der Waals surface area contributed by atoms with Crippen LogP contribution in [0.15, 0.2) is 41.7 Å². The lowest BCUT2D eigenvalue weighted by Gasteiger charge is -2.04. The maximum atomic E-state index is 12.2. The predicted molar refractivity (Wildman–Crippen MR) is 75.0 cm³/mol. The van der Waals surface area contributed by atoms with Crippen molar-refractivity contribution >= 4 is 16.0 Å². The number of carbonyl (C=O) groups excluding carboxylic acids is 1. The second-order valence-corrected chi connectivity index (χ2v) is 6.12. The van der Waals surface area contributed by atoms with E-state index in [4.69, 9.17) is 0 Å². The van der Waals surface area contributed by atoms with E-state index in [1.54, 1.807) is 31.6 Å². The molecule has 0 saturated heterocycles. The van der Waals surface area contributed by atoms with E-state index in [0.717, 1.165) is 5.56 Å². The van der Waals surface area contributed by atoms with Gasteiger partial charge in [-0.1, -0.05) is 6.07 Å². The number of nitrogens with one attached hydrogen (secondary N) is 1. The maximum absolute atomic E-state index is 12.2. The second-order valence-electron chi connectivity index (χ2n) is 4.35. The highest BCUT2D eigenvalue weighted by Gasteiger charge is 2.20. The number of hydrogen-bond acceptors (Lipinski definition) is 5. The van der Waals surface area contributed by atoms with E-state index in [1.807, 2.05) is 0 Å². The van der Waals surface area contributed by atoms with Gasteiger partial charge in [0.1, 0.15) is 10.6 Å². The monoisotopic (exact) mass is 309 g/mol. The van der Waals surface area contributed by atoms with E-state index >= 15 is 0 Å². The fraction of sp³-hybridized carbons (Fsp3) is 0.231. The average molecular weight is 309 g/mol. The van der Waals surface area contributed by atoms with Crippen LogP contribution in [0.3, 0.4) is 0 Å². The number of methoxy groups -OCH3 is 1. The number of nitrogens with zero attached hydrogens (tertiary/aromatic N) is 2. The molecule has 2 aromatic rings. The Hall–Kier alpha value is -2.19. The van der Waals surface area contributed by atoms with Crippen LogP contribution in [-0.4, -0.2) is 31.0 Å². The normalized spacial score (nSPS) is 11.3. The number of aryl methyl sites for hydroxylation is 1. The van der Waals surface area contributed by atoms with Crippen LogP contribution in [-0.2, 0) is 28.4 Å². The Bertz CT molecular complexity index is 738. The average Bonchev–Trinajstić information content (AvgIpc) is 2.88.